The molecule has 0 unspecified atom stereocenters. The number of nitrogens with one attached hydrogen (secondary N) is 1. The summed E-state index contributed by atoms with van der Waals surface area (Å²) in [6, 6.07) is 3.24. The van der Waals surface area contributed by atoms with Gasteiger partial charge in [0, 0.05) is 18.0 Å². The van der Waals surface area contributed by atoms with E-state index in [0.29, 0.717) is 5.69 Å². The molecule has 0 spiro atoms. The third kappa shape index (κ3) is 5.76. The first kappa shape index (κ1) is 22.8. The molecule has 2 amide bonds. The van der Waals surface area contributed by atoms with Gasteiger partial charge in [-0.25, -0.2) is 18.4 Å². The van der Waals surface area contributed by atoms with Gasteiger partial charge in [0.05, 0.1) is 12.7 Å². The summed E-state index contributed by atoms with van der Waals surface area (Å²) in [4.78, 5) is 28.7. The number of aryl methyl sites for hydroxylation is 1. The first-order valence-electron chi connectivity index (χ1n) is 7.86. The topological polar surface area (TPSA) is 156 Å². The van der Waals surface area contributed by atoms with Crippen molar-refractivity contribution < 1.29 is 57.1 Å². The molecule has 0 saturated carbocycles. The number of urea groups is 1. The van der Waals surface area contributed by atoms with E-state index >= 15 is 0 Å². The Kier molecular flexibility index (Phi) is 7.73. The van der Waals surface area contributed by atoms with Crippen LogP contribution in [-0.2, 0) is 19.6 Å². The molecule has 3 heterocycles. The van der Waals surface area contributed by atoms with Gasteiger partial charge in [0.25, 0.3) is 5.90 Å². The molecule has 1 N–H and O–H groups in total. The second-order valence-corrected chi connectivity index (χ2v) is 6.83. The third-order valence-electron chi connectivity index (χ3n) is 3.27. The molecule has 0 bridgehead atoms. The Hall–Kier alpha value is -2.48. The average Bonchev–Trinajstić information content (AvgIpc) is 2.67. The van der Waals surface area contributed by atoms with E-state index in [1.165, 1.54) is 31.5 Å². The Balaban J connectivity index is 0.00000300. The van der Waals surface area contributed by atoms with E-state index in [1.54, 1.807) is 6.92 Å². The van der Waals surface area contributed by atoms with Gasteiger partial charge in [-0.15, -0.1) is 0 Å². The van der Waals surface area contributed by atoms with Crippen LogP contribution in [0, 0.1) is 6.92 Å². The molecule has 0 aliphatic carbocycles. The Morgan fingerprint density at radius 2 is 2.10 bits per heavy atom. The summed E-state index contributed by atoms with van der Waals surface area (Å²) >= 11 is 0. The molecule has 0 aromatic carbocycles. The van der Waals surface area contributed by atoms with E-state index in [1.807, 2.05) is 0 Å². The minimum absolute atomic E-state index is 0. The van der Waals surface area contributed by atoms with Crippen LogP contribution in [0.1, 0.15) is 11.3 Å². The summed E-state index contributed by atoms with van der Waals surface area (Å²) < 4.78 is 38.6. The molecule has 0 radical (unpaired) electrons. The largest absolute Gasteiger partial charge is 1.00 e. The maximum absolute atomic E-state index is 12.6. The normalized spacial score (nSPS) is 13.1. The van der Waals surface area contributed by atoms with Crippen LogP contribution in [0.2, 0.25) is 0 Å². The van der Waals surface area contributed by atoms with E-state index < -0.39 is 21.1 Å². The van der Waals surface area contributed by atoms with Gasteiger partial charge < -0.3 is 24.4 Å². The molecule has 0 fully saturated rings. The molecule has 1 aliphatic heterocycles. The van der Waals surface area contributed by atoms with Gasteiger partial charge in [-0.2, -0.15) is 4.98 Å². The predicted octanol–water partition coefficient (Wildman–Crippen LogP) is -1.80. The second-order valence-electron chi connectivity index (χ2n) is 5.31. The van der Waals surface area contributed by atoms with Crippen molar-refractivity contribution in [1.82, 2.24) is 15.0 Å². The first-order valence-corrected chi connectivity index (χ1v) is 9.30. The maximum Gasteiger partial charge on any atom is 1.00 e. The number of oxime groups is 1. The average molecular weight is 430 g/mol. The fraction of sp³-hybridized carbons (Fsp3) is 0.267. The first-order chi connectivity index (χ1) is 13.4. The van der Waals surface area contributed by atoms with Crippen molar-refractivity contribution in [3.8, 4) is 5.88 Å². The molecule has 3 rings (SSSR count). The van der Waals surface area contributed by atoms with Gasteiger partial charge in [0.2, 0.25) is 15.9 Å². The smallest absolute Gasteiger partial charge is 0.481 e. The Morgan fingerprint density at radius 1 is 1.31 bits per heavy atom. The molecule has 2 aromatic rings. The number of anilines is 1. The van der Waals surface area contributed by atoms with E-state index in [0.717, 1.165) is 0 Å². The summed E-state index contributed by atoms with van der Waals surface area (Å²) in [6.07, 6.45) is 1.24. The molecule has 148 valence electrons. The number of aromatic nitrogens is 3. The van der Waals surface area contributed by atoms with Gasteiger partial charge in [0.1, 0.15) is 12.6 Å². The van der Waals surface area contributed by atoms with Crippen LogP contribution in [0.15, 0.2) is 34.6 Å². The summed E-state index contributed by atoms with van der Waals surface area (Å²) in [5.41, 5.74) is 0.525. The monoisotopic (exact) mass is 430 g/mol. The van der Waals surface area contributed by atoms with Crippen molar-refractivity contribution in [2.24, 2.45) is 5.16 Å². The molecule has 0 saturated heterocycles. The van der Waals surface area contributed by atoms with Crippen molar-refractivity contribution in [2.75, 3.05) is 25.6 Å². The van der Waals surface area contributed by atoms with E-state index in [4.69, 9.17) is 14.3 Å². The van der Waals surface area contributed by atoms with Gasteiger partial charge in [0.15, 0.2) is 17.7 Å². The van der Waals surface area contributed by atoms with Crippen molar-refractivity contribution in [2.45, 2.75) is 11.9 Å². The molecular weight excluding hydrogens is 415 g/mol. The second kappa shape index (κ2) is 9.82. The van der Waals surface area contributed by atoms with Crippen molar-refractivity contribution in [3.63, 3.8) is 0 Å². The zero-order valence-electron chi connectivity index (χ0n) is 15.8. The van der Waals surface area contributed by atoms with E-state index in [-0.39, 0.29) is 66.1 Å². The van der Waals surface area contributed by atoms with Crippen molar-refractivity contribution in [3.05, 3.63) is 40.4 Å². The SMILES string of the molecule is COc1cc(C)nc(NC(=O)[N-]S(=O)(=O)c2ncccc2C2=NOCCO2)n1.[Na+]. The fourth-order valence-electron chi connectivity index (χ4n) is 2.16. The molecule has 29 heavy (non-hydrogen) atoms. The number of amides is 2. The molecule has 12 nitrogen and oxygen atoms in total. The Labute approximate surface area is 188 Å². The number of carbonyl (C=O) groups is 1. The fourth-order valence-corrected chi connectivity index (χ4v) is 3.14. The summed E-state index contributed by atoms with van der Waals surface area (Å²) in [6.45, 7) is 2.08. The van der Waals surface area contributed by atoms with Crippen LogP contribution in [0.25, 0.3) is 4.72 Å². The predicted molar refractivity (Wildman–Crippen MR) is 95.6 cm³/mol. The summed E-state index contributed by atoms with van der Waals surface area (Å²) in [7, 11) is -3.09. The van der Waals surface area contributed by atoms with Crippen LogP contribution in [-0.4, -0.2) is 55.6 Å². The minimum atomic E-state index is -4.49. The zero-order chi connectivity index (χ0) is 20.1. The Bertz CT molecular complexity index is 1030. The number of sulfonamides is 1. The number of rotatable bonds is 5. The number of pyridine rings is 1. The van der Waals surface area contributed by atoms with Gasteiger partial charge in [-0.05, 0) is 24.2 Å². The number of carbonyl (C=O) groups excluding carboxylic acids is 1. The van der Waals surface area contributed by atoms with Crippen molar-refractivity contribution >= 4 is 27.9 Å². The van der Waals surface area contributed by atoms with Crippen LogP contribution in [0.4, 0.5) is 10.7 Å². The molecule has 0 atom stereocenters. The Morgan fingerprint density at radius 3 is 2.79 bits per heavy atom. The molecule has 1 aliphatic rings. The van der Waals surface area contributed by atoms with Crippen LogP contribution < -0.4 is 39.6 Å². The van der Waals surface area contributed by atoms with Crippen LogP contribution >= 0.6 is 0 Å². The van der Waals surface area contributed by atoms with E-state index in [2.05, 4.69) is 30.1 Å². The summed E-state index contributed by atoms with van der Waals surface area (Å²) in [5, 5.41) is 5.34. The van der Waals surface area contributed by atoms with E-state index in [9.17, 15) is 13.2 Å². The number of ether oxygens (including phenoxy) is 2. The molecular formula is C15H15N6NaO6S. The number of hydrogen-bond acceptors (Lipinski definition) is 10. The zero-order valence-corrected chi connectivity index (χ0v) is 18.6. The van der Waals surface area contributed by atoms with Crippen molar-refractivity contribution in [1.29, 1.82) is 0 Å². The quantitative estimate of drug-likeness (QED) is 0.540. The molecule has 14 heteroatoms. The minimum Gasteiger partial charge on any atom is -0.481 e. The van der Waals surface area contributed by atoms with Gasteiger partial charge in [-0.3, -0.25) is 4.79 Å². The van der Waals surface area contributed by atoms with Crippen LogP contribution in [0.3, 0.4) is 0 Å². The van der Waals surface area contributed by atoms with Crippen LogP contribution in [0.5, 0.6) is 5.88 Å². The molecule has 2 aromatic heterocycles. The number of nitrogens with zero attached hydrogens (tertiary/aromatic N) is 5. The number of methoxy groups -OCH3 is 1. The standard InChI is InChI=1S/C15H16N6O6S.Na/c1-9-8-11(25-2)18-14(17-9)19-15(22)21-28(23,24)13-10(4-3-5-16-13)12-20-27-7-6-26-12;/h3-5,8H,6-7H2,1-2H3,(H2,17,18,19,21,22);/q;+1/p-1. The number of hydrogen-bond donors (Lipinski definition) is 1. The van der Waals surface area contributed by atoms with Gasteiger partial charge in [-0.1, -0.05) is 0 Å². The summed E-state index contributed by atoms with van der Waals surface area (Å²) in [5.74, 6) is -0.0270. The third-order valence-corrected chi connectivity index (χ3v) is 4.49. The maximum atomic E-state index is 12.6. The van der Waals surface area contributed by atoms with Gasteiger partial charge >= 0.3 is 29.6 Å².